The summed E-state index contributed by atoms with van der Waals surface area (Å²) in [6.07, 6.45) is 5.59. The maximum absolute atomic E-state index is 5.16. The molecule has 0 unspecified atom stereocenters. The first-order valence-corrected chi connectivity index (χ1v) is 15.3. The zero-order valence-electron chi connectivity index (χ0n) is 25.0. The molecule has 0 bridgehead atoms. The van der Waals surface area contributed by atoms with Crippen LogP contribution in [0.2, 0.25) is 0 Å². The molecule has 216 valence electrons. The van der Waals surface area contributed by atoms with Gasteiger partial charge in [-0.3, -0.25) is 15.0 Å². The maximum Gasteiger partial charge on any atom is 0.0715 e. The Hall–Kier alpha value is -6.26. The second-order valence-corrected chi connectivity index (χ2v) is 11.2. The third-order valence-corrected chi connectivity index (χ3v) is 8.25. The summed E-state index contributed by atoms with van der Waals surface area (Å²) in [4.78, 5) is 18.8. The maximum atomic E-state index is 5.16. The summed E-state index contributed by atoms with van der Waals surface area (Å²) in [5.74, 6) is 0. The standard InChI is InChI=1S/C42H28N4/c1-2-8-40-35(7-1)25-37(28-45-40)30-13-11-29(12-14-30)36-26-41(33-19-15-31(16-20-33)38-9-3-5-23-43-38)46-42(27-36)34-21-17-32(18-22-34)39-10-4-6-24-44-39/h1-28H. The summed E-state index contributed by atoms with van der Waals surface area (Å²) < 4.78 is 0. The fourth-order valence-corrected chi connectivity index (χ4v) is 5.77. The minimum atomic E-state index is 0.914. The normalized spacial score (nSPS) is 11.0. The first-order valence-electron chi connectivity index (χ1n) is 15.3. The van der Waals surface area contributed by atoms with Crippen LogP contribution in [0.3, 0.4) is 0 Å². The van der Waals surface area contributed by atoms with Crippen LogP contribution < -0.4 is 0 Å². The van der Waals surface area contributed by atoms with Gasteiger partial charge in [0.25, 0.3) is 0 Å². The minimum absolute atomic E-state index is 0.914. The molecule has 4 heteroatoms. The SMILES string of the molecule is c1ccc(-c2ccc(-c3cc(-c4ccc(-c5cnc6ccccc6c5)cc4)cc(-c4ccc(-c5ccccn5)cc4)n3)cc2)nc1. The van der Waals surface area contributed by atoms with Gasteiger partial charge in [0.15, 0.2) is 0 Å². The lowest BCUT2D eigenvalue weighted by Gasteiger charge is -2.12. The quantitative estimate of drug-likeness (QED) is 0.194. The molecule has 0 atom stereocenters. The van der Waals surface area contributed by atoms with Crippen molar-refractivity contribution in [2.24, 2.45) is 0 Å². The van der Waals surface area contributed by atoms with E-state index in [-0.39, 0.29) is 0 Å². The van der Waals surface area contributed by atoms with Crippen molar-refractivity contribution >= 4 is 10.9 Å². The largest absolute Gasteiger partial charge is 0.256 e. The van der Waals surface area contributed by atoms with Crippen molar-refractivity contribution in [2.45, 2.75) is 0 Å². The molecule has 4 heterocycles. The van der Waals surface area contributed by atoms with Crippen LogP contribution in [0.5, 0.6) is 0 Å². The number of rotatable bonds is 6. The fourth-order valence-electron chi connectivity index (χ4n) is 5.77. The van der Waals surface area contributed by atoms with Crippen molar-refractivity contribution in [3.63, 3.8) is 0 Å². The van der Waals surface area contributed by atoms with Crippen LogP contribution in [-0.4, -0.2) is 19.9 Å². The summed E-state index contributed by atoms with van der Waals surface area (Å²) in [7, 11) is 0. The van der Waals surface area contributed by atoms with E-state index in [1.807, 2.05) is 73.2 Å². The van der Waals surface area contributed by atoms with Crippen LogP contribution in [0.15, 0.2) is 170 Å². The highest BCUT2D eigenvalue weighted by Gasteiger charge is 2.11. The van der Waals surface area contributed by atoms with Gasteiger partial charge in [0.1, 0.15) is 0 Å². The molecule has 0 aliphatic rings. The van der Waals surface area contributed by atoms with Gasteiger partial charge < -0.3 is 0 Å². The van der Waals surface area contributed by atoms with Crippen LogP contribution in [0.1, 0.15) is 0 Å². The van der Waals surface area contributed by atoms with Gasteiger partial charge in [-0.05, 0) is 65.2 Å². The third-order valence-electron chi connectivity index (χ3n) is 8.25. The Morgan fingerprint density at radius 3 is 1.28 bits per heavy atom. The van der Waals surface area contributed by atoms with Crippen molar-refractivity contribution in [1.29, 1.82) is 0 Å². The molecule has 0 saturated heterocycles. The molecule has 0 aliphatic carbocycles. The Morgan fingerprint density at radius 2 is 0.761 bits per heavy atom. The number of pyridine rings is 4. The monoisotopic (exact) mass is 588 g/mol. The number of nitrogens with zero attached hydrogens (tertiary/aromatic N) is 4. The summed E-state index contributed by atoms with van der Waals surface area (Å²) in [5, 5.41) is 1.13. The summed E-state index contributed by atoms with van der Waals surface area (Å²) >= 11 is 0. The Morgan fingerprint density at radius 1 is 0.304 bits per heavy atom. The van der Waals surface area contributed by atoms with E-state index in [4.69, 9.17) is 4.98 Å². The summed E-state index contributed by atoms with van der Waals surface area (Å²) in [6.45, 7) is 0. The van der Waals surface area contributed by atoms with Gasteiger partial charge in [-0.25, -0.2) is 4.98 Å². The lowest BCUT2D eigenvalue weighted by atomic mass is 9.97. The van der Waals surface area contributed by atoms with Crippen molar-refractivity contribution in [3.05, 3.63) is 170 Å². The first kappa shape index (κ1) is 27.3. The molecule has 0 spiro atoms. The molecule has 8 rings (SSSR count). The molecule has 0 saturated carbocycles. The number of para-hydroxylation sites is 1. The van der Waals surface area contributed by atoms with Crippen molar-refractivity contribution < 1.29 is 0 Å². The smallest absolute Gasteiger partial charge is 0.0715 e. The van der Waals surface area contributed by atoms with E-state index in [1.165, 1.54) is 0 Å². The molecule has 46 heavy (non-hydrogen) atoms. The molecule has 0 radical (unpaired) electrons. The predicted octanol–water partition coefficient (Wildman–Crippen LogP) is 10.4. The number of fused-ring (bicyclic) bond motifs is 1. The molecular weight excluding hydrogens is 560 g/mol. The highest BCUT2D eigenvalue weighted by atomic mass is 14.7. The van der Waals surface area contributed by atoms with E-state index < -0.39 is 0 Å². The second kappa shape index (κ2) is 12.0. The van der Waals surface area contributed by atoms with E-state index >= 15 is 0 Å². The Labute approximate surface area is 267 Å². The molecule has 0 N–H and O–H groups in total. The Balaban J connectivity index is 1.18. The van der Waals surface area contributed by atoms with Crippen LogP contribution >= 0.6 is 0 Å². The van der Waals surface area contributed by atoms with Gasteiger partial charge in [0.2, 0.25) is 0 Å². The van der Waals surface area contributed by atoms with Crippen LogP contribution in [0.25, 0.3) is 78.2 Å². The number of aromatic nitrogens is 4. The van der Waals surface area contributed by atoms with Gasteiger partial charge in [-0.15, -0.1) is 0 Å². The van der Waals surface area contributed by atoms with E-state index in [0.717, 1.165) is 78.2 Å². The molecular formula is C42H28N4. The fraction of sp³-hybridized carbons (Fsp3) is 0. The van der Waals surface area contributed by atoms with Crippen molar-refractivity contribution in [2.75, 3.05) is 0 Å². The van der Waals surface area contributed by atoms with Crippen LogP contribution in [0.4, 0.5) is 0 Å². The topological polar surface area (TPSA) is 51.6 Å². The zero-order valence-corrected chi connectivity index (χ0v) is 25.0. The van der Waals surface area contributed by atoms with E-state index in [1.54, 1.807) is 0 Å². The lowest BCUT2D eigenvalue weighted by Crippen LogP contribution is -1.92. The zero-order chi connectivity index (χ0) is 30.7. The molecule has 4 aromatic carbocycles. The summed E-state index contributed by atoms with van der Waals surface area (Å²) in [6, 6.07) is 52.3. The Kier molecular flexibility index (Phi) is 7.14. The van der Waals surface area contributed by atoms with E-state index in [0.29, 0.717) is 0 Å². The van der Waals surface area contributed by atoms with Gasteiger partial charge in [-0.1, -0.05) is 103 Å². The van der Waals surface area contributed by atoms with Crippen molar-refractivity contribution in [1.82, 2.24) is 19.9 Å². The molecule has 4 nitrogen and oxygen atoms in total. The Bertz CT molecular complexity index is 2160. The number of hydrogen-bond acceptors (Lipinski definition) is 4. The third kappa shape index (κ3) is 5.56. The molecule has 0 fully saturated rings. The van der Waals surface area contributed by atoms with Gasteiger partial charge in [0.05, 0.1) is 28.3 Å². The van der Waals surface area contributed by atoms with Crippen LogP contribution in [-0.2, 0) is 0 Å². The second-order valence-electron chi connectivity index (χ2n) is 11.2. The first-order chi connectivity index (χ1) is 22.8. The van der Waals surface area contributed by atoms with Gasteiger partial charge in [0, 0.05) is 51.8 Å². The average Bonchev–Trinajstić information content (AvgIpc) is 3.15. The highest BCUT2D eigenvalue weighted by molar-refractivity contribution is 5.84. The van der Waals surface area contributed by atoms with Gasteiger partial charge in [-0.2, -0.15) is 0 Å². The highest BCUT2D eigenvalue weighted by Crippen LogP contribution is 2.33. The lowest BCUT2D eigenvalue weighted by molar-refractivity contribution is 1.31. The van der Waals surface area contributed by atoms with E-state index in [2.05, 4.69) is 112 Å². The number of hydrogen-bond donors (Lipinski definition) is 0. The summed E-state index contributed by atoms with van der Waals surface area (Å²) in [5.41, 5.74) is 13.4. The molecule has 0 aliphatic heterocycles. The average molecular weight is 589 g/mol. The molecule has 8 aromatic rings. The van der Waals surface area contributed by atoms with Crippen LogP contribution in [0, 0.1) is 0 Å². The predicted molar refractivity (Wildman–Crippen MR) is 188 cm³/mol. The molecule has 4 aromatic heterocycles. The van der Waals surface area contributed by atoms with E-state index in [9.17, 15) is 0 Å². The number of benzene rings is 4. The van der Waals surface area contributed by atoms with Crippen molar-refractivity contribution in [3.8, 4) is 67.3 Å². The van der Waals surface area contributed by atoms with Gasteiger partial charge >= 0.3 is 0 Å². The minimum Gasteiger partial charge on any atom is -0.256 e. The molecule has 0 amide bonds.